The van der Waals surface area contributed by atoms with E-state index in [0.717, 1.165) is 61.7 Å². The van der Waals surface area contributed by atoms with Crippen LogP contribution >= 0.6 is 0 Å². The zero-order valence-electron chi connectivity index (χ0n) is 19.2. The minimum atomic E-state index is -4.60. The lowest BCUT2D eigenvalue weighted by Gasteiger charge is -2.37. The summed E-state index contributed by atoms with van der Waals surface area (Å²) in [6.45, 7) is 3.33. The number of rotatable bonds is 4. The van der Waals surface area contributed by atoms with E-state index in [4.69, 9.17) is 0 Å². The molecule has 186 valence electrons. The van der Waals surface area contributed by atoms with E-state index in [1.165, 1.54) is 6.20 Å². The van der Waals surface area contributed by atoms with E-state index >= 15 is 0 Å². The first-order chi connectivity index (χ1) is 16.7. The number of amides is 1. The van der Waals surface area contributed by atoms with Gasteiger partial charge in [0.25, 0.3) is 11.5 Å². The molecule has 2 N–H and O–H groups in total. The Hall–Kier alpha value is -3.41. The van der Waals surface area contributed by atoms with Gasteiger partial charge in [-0.05, 0) is 37.9 Å². The second-order valence-corrected chi connectivity index (χ2v) is 9.08. The summed E-state index contributed by atoms with van der Waals surface area (Å²) in [5.74, 6) is -0.183. The predicted molar refractivity (Wildman–Crippen MR) is 123 cm³/mol. The molecule has 1 unspecified atom stereocenters. The number of likely N-dealkylation sites (tertiary alicyclic amines) is 1. The van der Waals surface area contributed by atoms with E-state index in [2.05, 4.69) is 30.2 Å². The summed E-state index contributed by atoms with van der Waals surface area (Å²) in [5.41, 5.74) is 0.239. The molecule has 2 fully saturated rings. The van der Waals surface area contributed by atoms with Crippen LogP contribution in [0.4, 0.5) is 18.9 Å². The number of nitrogens with one attached hydrogen (secondary N) is 2. The predicted octanol–water partition coefficient (Wildman–Crippen LogP) is 2.25. The lowest BCUT2D eigenvalue weighted by atomic mass is 10.0. The van der Waals surface area contributed by atoms with Crippen LogP contribution < -0.4 is 15.8 Å². The molecular formula is C23H26F3N7O2. The number of carbonyl (C=O) groups excluding carboxylic acids is 1. The molecule has 0 spiro atoms. The molecule has 5 rings (SSSR count). The first-order valence-electron chi connectivity index (χ1n) is 11.6. The molecule has 35 heavy (non-hydrogen) atoms. The Labute approximate surface area is 198 Å². The second kappa shape index (κ2) is 8.99. The number of alkyl halides is 3. The lowest BCUT2D eigenvalue weighted by Crippen LogP contribution is -2.44. The van der Waals surface area contributed by atoms with Crippen molar-refractivity contribution < 1.29 is 18.0 Å². The highest BCUT2D eigenvalue weighted by Gasteiger charge is 2.35. The number of hydrogen-bond acceptors (Lipinski definition) is 6. The maximum atomic E-state index is 13.0. The zero-order chi connectivity index (χ0) is 24.7. The standard InChI is InChI=1S/C23H26F3N7O2/c1-27-21(34)17-3-2-16(11-28-17)31-8-5-15(6-9-31)32-7-4-14(12-32)18-13-33-19(22(35)29-18)10-20(30-33)23(24,25)26/h2-3,10-11,13-15H,4-9,12H2,1H3,(H,27,34)(H,29,35). The lowest BCUT2D eigenvalue weighted by molar-refractivity contribution is -0.141. The van der Waals surface area contributed by atoms with Crippen molar-refractivity contribution >= 4 is 17.1 Å². The number of H-pyrrole nitrogens is 1. The van der Waals surface area contributed by atoms with E-state index < -0.39 is 17.4 Å². The quantitative estimate of drug-likeness (QED) is 0.584. The molecule has 0 saturated carbocycles. The van der Waals surface area contributed by atoms with Crippen LogP contribution in [0, 0.1) is 0 Å². The fourth-order valence-electron chi connectivity index (χ4n) is 5.07. The molecule has 12 heteroatoms. The molecule has 3 aromatic heterocycles. The van der Waals surface area contributed by atoms with Crippen LogP contribution in [0.1, 0.15) is 47.1 Å². The van der Waals surface area contributed by atoms with Gasteiger partial charge < -0.3 is 15.2 Å². The summed E-state index contributed by atoms with van der Waals surface area (Å²) in [7, 11) is 1.57. The number of pyridine rings is 1. The number of halogens is 3. The Bertz CT molecular complexity index is 1280. The molecule has 0 aliphatic carbocycles. The van der Waals surface area contributed by atoms with Gasteiger partial charge in [0, 0.05) is 56.6 Å². The summed E-state index contributed by atoms with van der Waals surface area (Å²) >= 11 is 0. The molecule has 0 aromatic carbocycles. The topological polar surface area (TPSA) is 98.6 Å². The van der Waals surface area contributed by atoms with Crippen molar-refractivity contribution in [3.8, 4) is 0 Å². The third-order valence-electron chi connectivity index (χ3n) is 6.99. The average Bonchev–Trinajstić information content (AvgIpc) is 3.52. The van der Waals surface area contributed by atoms with E-state index in [0.29, 0.717) is 17.4 Å². The molecule has 2 aliphatic rings. The van der Waals surface area contributed by atoms with E-state index in [1.54, 1.807) is 19.3 Å². The third kappa shape index (κ3) is 4.62. The summed E-state index contributed by atoms with van der Waals surface area (Å²) < 4.78 is 40.0. The van der Waals surface area contributed by atoms with Gasteiger partial charge in [-0.3, -0.25) is 14.5 Å². The molecule has 3 aromatic rings. The van der Waals surface area contributed by atoms with Crippen LogP contribution in [0.25, 0.3) is 5.52 Å². The van der Waals surface area contributed by atoms with Crippen molar-refractivity contribution in [2.24, 2.45) is 0 Å². The first kappa shape index (κ1) is 23.3. The highest BCUT2D eigenvalue weighted by Crippen LogP contribution is 2.32. The van der Waals surface area contributed by atoms with Crippen molar-refractivity contribution in [2.75, 3.05) is 38.1 Å². The Kier molecular flexibility index (Phi) is 5.99. The number of nitrogens with zero attached hydrogens (tertiary/aromatic N) is 5. The number of aromatic nitrogens is 4. The Morgan fingerprint density at radius 1 is 1.17 bits per heavy atom. The molecule has 2 saturated heterocycles. The Morgan fingerprint density at radius 3 is 2.60 bits per heavy atom. The summed E-state index contributed by atoms with van der Waals surface area (Å²) in [6.07, 6.45) is 1.39. The van der Waals surface area contributed by atoms with Crippen LogP contribution in [0.3, 0.4) is 0 Å². The van der Waals surface area contributed by atoms with E-state index in [1.807, 2.05) is 6.07 Å². The fraction of sp³-hybridized carbons (Fsp3) is 0.478. The van der Waals surface area contributed by atoms with Crippen LogP contribution in [0.5, 0.6) is 0 Å². The Balaban J connectivity index is 1.21. The van der Waals surface area contributed by atoms with Gasteiger partial charge in [0.2, 0.25) is 0 Å². The van der Waals surface area contributed by atoms with Gasteiger partial charge in [0.1, 0.15) is 11.2 Å². The number of hydrogen-bond donors (Lipinski definition) is 2. The second-order valence-electron chi connectivity index (χ2n) is 9.08. The number of carbonyl (C=O) groups is 1. The zero-order valence-corrected chi connectivity index (χ0v) is 19.2. The van der Waals surface area contributed by atoms with Gasteiger partial charge >= 0.3 is 6.18 Å². The van der Waals surface area contributed by atoms with Crippen molar-refractivity contribution in [2.45, 2.75) is 37.4 Å². The molecule has 5 heterocycles. The van der Waals surface area contributed by atoms with Crippen molar-refractivity contribution in [3.63, 3.8) is 0 Å². The van der Waals surface area contributed by atoms with Gasteiger partial charge in [-0.15, -0.1) is 0 Å². The third-order valence-corrected chi connectivity index (χ3v) is 6.99. The van der Waals surface area contributed by atoms with Crippen molar-refractivity contribution in [3.05, 3.63) is 58.0 Å². The highest BCUT2D eigenvalue weighted by molar-refractivity contribution is 5.92. The molecule has 9 nitrogen and oxygen atoms in total. The molecule has 1 atom stereocenters. The minimum absolute atomic E-state index is 0.0325. The minimum Gasteiger partial charge on any atom is -0.370 e. The van der Waals surface area contributed by atoms with Gasteiger partial charge in [-0.1, -0.05) is 0 Å². The van der Waals surface area contributed by atoms with Crippen LogP contribution in [0.2, 0.25) is 0 Å². The van der Waals surface area contributed by atoms with Crippen molar-refractivity contribution in [1.82, 2.24) is 29.8 Å². The monoisotopic (exact) mass is 489 g/mol. The molecular weight excluding hydrogens is 463 g/mol. The molecule has 2 aliphatic heterocycles. The summed E-state index contributed by atoms with van der Waals surface area (Å²) in [5, 5.41) is 6.13. The Morgan fingerprint density at radius 2 is 1.94 bits per heavy atom. The smallest absolute Gasteiger partial charge is 0.370 e. The maximum absolute atomic E-state index is 13.0. The van der Waals surface area contributed by atoms with Gasteiger partial charge in [0.15, 0.2) is 5.69 Å². The number of anilines is 1. The molecule has 0 bridgehead atoms. The van der Waals surface area contributed by atoms with Crippen molar-refractivity contribution in [1.29, 1.82) is 0 Å². The first-order valence-corrected chi connectivity index (χ1v) is 11.6. The fourth-order valence-corrected chi connectivity index (χ4v) is 5.07. The molecule has 1 amide bonds. The normalized spacial score (nSPS) is 20.0. The number of aromatic amines is 1. The number of fused-ring (bicyclic) bond motifs is 1. The number of piperidine rings is 1. The maximum Gasteiger partial charge on any atom is 0.435 e. The van der Waals surface area contributed by atoms with Gasteiger partial charge in [-0.25, -0.2) is 9.50 Å². The summed E-state index contributed by atoms with van der Waals surface area (Å²) in [4.78, 5) is 35.8. The summed E-state index contributed by atoms with van der Waals surface area (Å²) in [6, 6.07) is 4.81. The highest BCUT2D eigenvalue weighted by atomic mass is 19.4. The largest absolute Gasteiger partial charge is 0.435 e. The van der Waals surface area contributed by atoms with Gasteiger partial charge in [0.05, 0.1) is 11.9 Å². The van der Waals surface area contributed by atoms with E-state index in [9.17, 15) is 22.8 Å². The SMILES string of the molecule is CNC(=O)c1ccc(N2CCC(N3CCC(c4cn5nc(C(F)(F)F)cc5c(=O)[nH]4)C3)CC2)cn1. The van der Waals surface area contributed by atoms with E-state index in [-0.39, 0.29) is 17.3 Å². The van der Waals surface area contributed by atoms with Crippen LogP contribution in [-0.2, 0) is 6.18 Å². The van der Waals surface area contributed by atoms with Crippen LogP contribution in [-0.4, -0.2) is 69.7 Å². The molecule has 0 radical (unpaired) electrons. The average molecular weight is 490 g/mol. The van der Waals surface area contributed by atoms with Gasteiger partial charge in [-0.2, -0.15) is 18.3 Å². The van der Waals surface area contributed by atoms with Crippen LogP contribution in [0.15, 0.2) is 35.4 Å².